The number of carbonyl (C=O) groups excluding carboxylic acids is 1. The van der Waals surface area contributed by atoms with Gasteiger partial charge in [0, 0.05) is 48.8 Å². The minimum absolute atomic E-state index is 0.0787. The first kappa shape index (κ1) is 39.3. The Labute approximate surface area is 290 Å². The molecule has 0 bridgehead atoms. The molecule has 1 amide bonds. The predicted octanol–water partition coefficient (Wildman–Crippen LogP) is 8.53. The van der Waals surface area contributed by atoms with Crippen LogP contribution in [0.1, 0.15) is 69.4 Å². The molecule has 0 saturated heterocycles. The van der Waals surface area contributed by atoms with Crippen molar-refractivity contribution in [1.82, 2.24) is 14.9 Å². The van der Waals surface area contributed by atoms with Crippen molar-refractivity contribution in [3.8, 4) is 11.1 Å². The Balaban J connectivity index is 0.00000163. The van der Waals surface area contributed by atoms with Crippen LogP contribution in [-0.4, -0.2) is 44.5 Å². The van der Waals surface area contributed by atoms with E-state index in [0.717, 1.165) is 23.9 Å². The number of halogens is 3. The zero-order valence-electron chi connectivity index (χ0n) is 29.7. The van der Waals surface area contributed by atoms with E-state index in [0.29, 0.717) is 27.6 Å². The summed E-state index contributed by atoms with van der Waals surface area (Å²) < 4.78 is 44.5. The number of aromatic nitrogens is 2. The first-order valence-corrected chi connectivity index (χ1v) is 16.7. The maximum atomic E-state index is 15.2. The molecule has 0 saturated carbocycles. The van der Waals surface area contributed by atoms with Crippen molar-refractivity contribution in [3.63, 3.8) is 0 Å². The molecule has 3 N–H and O–H groups in total. The number of carboxylic acids is 1. The summed E-state index contributed by atoms with van der Waals surface area (Å²) in [5.74, 6) is -6.34. The zero-order chi connectivity index (χ0) is 37.3. The fourth-order valence-electron chi connectivity index (χ4n) is 5.80. The lowest BCUT2D eigenvalue weighted by molar-refractivity contribution is -0.139. The molecule has 2 aromatic heterocycles. The number of pyridine rings is 2. The van der Waals surface area contributed by atoms with Crippen LogP contribution < -0.4 is 16.2 Å². The minimum Gasteiger partial charge on any atom is -0.480 e. The minimum atomic E-state index is -3.06. The standard InChI is InChI=1S/C35H33F3N4O4.2C2H6/c1-5-29(35(3,37)38)40-22-15-19(2)30(26(36)18-22)32(43)41-27(34(45)46)17-20-12-13-24(31-23(20)10-8-14-39-31)25-16-21-9-6-7-11-28(21)42(4)33(25)44;2*1-2/h6-16,18,27,29,40H,5,17H2,1-4H3,(H,41,43)(H,45,46);2*1-2H3/t27-,29+;;/m0../s1. The quantitative estimate of drug-likeness (QED) is 0.135. The maximum absolute atomic E-state index is 15.2. The van der Waals surface area contributed by atoms with Gasteiger partial charge < -0.3 is 20.3 Å². The molecule has 2 atom stereocenters. The second-order valence-electron chi connectivity index (χ2n) is 11.4. The number of para-hydroxylation sites is 1. The third kappa shape index (κ3) is 8.50. The summed E-state index contributed by atoms with van der Waals surface area (Å²) in [6, 6.07) is 15.8. The van der Waals surface area contributed by atoms with E-state index in [4.69, 9.17) is 0 Å². The first-order valence-electron chi connectivity index (χ1n) is 16.7. The van der Waals surface area contributed by atoms with Crippen LogP contribution in [0.3, 0.4) is 0 Å². The van der Waals surface area contributed by atoms with Gasteiger partial charge in [0.25, 0.3) is 17.4 Å². The molecule has 5 rings (SSSR count). The van der Waals surface area contributed by atoms with Gasteiger partial charge in [0.2, 0.25) is 0 Å². The van der Waals surface area contributed by atoms with Gasteiger partial charge in [-0.3, -0.25) is 14.6 Å². The number of nitrogens with one attached hydrogen (secondary N) is 2. The number of carbonyl (C=O) groups is 2. The Morgan fingerprint density at radius 1 is 0.980 bits per heavy atom. The van der Waals surface area contributed by atoms with Gasteiger partial charge in [-0.1, -0.05) is 71.0 Å². The number of carboxylic acid groups (broad SMARTS) is 1. The third-order valence-electron chi connectivity index (χ3n) is 8.19. The molecule has 0 unspecified atom stereocenters. The molecule has 0 aliphatic rings. The smallest absolute Gasteiger partial charge is 0.326 e. The normalized spacial score (nSPS) is 12.2. The number of anilines is 1. The third-order valence-corrected chi connectivity index (χ3v) is 8.19. The highest BCUT2D eigenvalue weighted by Crippen LogP contribution is 2.31. The maximum Gasteiger partial charge on any atom is 0.326 e. The van der Waals surface area contributed by atoms with E-state index < -0.39 is 35.7 Å². The Morgan fingerprint density at radius 2 is 1.66 bits per heavy atom. The lowest BCUT2D eigenvalue weighted by Crippen LogP contribution is -2.43. The number of rotatable bonds is 10. The van der Waals surface area contributed by atoms with E-state index in [1.807, 2.05) is 52.0 Å². The van der Waals surface area contributed by atoms with Crippen LogP contribution in [0.2, 0.25) is 0 Å². The van der Waals surface area contributed by atoms with Gasteiger partial charge in [-0.2, -0.15) is 0 Å². The van der Waals surface area contributed by atoms with E-state index in [1.165, 1.54) is 13.0 Å². The Morgan fingerprint density at radius 3 is 2.28 bits per heavy atom. The molecule has 8 nitrogen and oxygen atoms in total. The molecule has 50 heavy (non-hydrogen) atoms. The number of nitrogens with zero attached hydrogens (tertiary/aromatic N) is 2. The highest BCUT2D eigenvalue weighted by atomic mass is 19.3. The van der Waals surface area contributed by atoms with Crippen LogP contribution in [0, 0.1) is 12.7 Å². The van der Waals surface area contributed by atoms with Crippen molar-refractivity contribution < 1.29 is 27.9 Å². The van der Waals surface area contributed by atoms with Crippen LogP contribution in [0.4, 0.5) is 18.9 Å². The second-order valence-corrected chi connectivity index (χ2v) is 11.4. The van der Waals surface area contributed by atoms with Crippen LogP contribution in [0.15, 0.2) is 77.7 Å². The van der Waals surface area contributed by atoms with Crippen molar-refractivity contribution in [2.24, 2.45) is 7.05 Å². The summed E-state index contributed by atoms with van der Waals surface area (Å²) in [5, 5.41) is 16.5. The number of fused-ring (bicyclic) bond motifs is 2. The highest BCUT2D eigenvalue weighted by molar-refractivity contribution is 6.00. The molecular formula is C39H45F3N4O4. The van der Waals surface area contributed by atoms with Crippen LogP contribution in [-0.2, 0) is 18.3 Å². The molecule has 0 spiro atoms. The number of aryl methyl sites for hydroxylation is 2. The number of amides is 1. The SMILES string of the molecule is CC.CC.CC[C@@H](Nc1cc(C)c(C(=O)N[C@@H](Cc2ccc(-c3cc4ccccc4n(C)c3=O)c3ncccc23)C(=O)O)c(F)c1)C(C)(F)F. The zero-order valence-corrected chi connectivity index (χ0v) is 29.7. The molecule has 5 aromatic rings. The van der Waals surface area contributed by atoms with E-state index >= 15 is 4.39 Å². The van der Waals surface area contributed by atoms with E-state index in [9.17, 15) is 28.3 Å². The first-order chi connectivity index (χ1) is 23.8. The van der Waals surface area contributed by atoms with Crippen molar-refractivity contribution in [2.45, 2.75) is 79.3 Å². The lowest BCUT2D eigenvalue weighted by atomic mass is 9.95. The Bertz CT molecular complexity index is 2020. The fraction of sp³-hybridized carbons (Fsp3) is 0.333. The predicted molar refractivity (Wildman–Crippen MR) is 195 cm³/mol. The van der Waals surface area contributed by atoms with Crippen molar-refractivity contribution >= 4 is 39.4 Å². The second kappa shape index (κ2) is 17.0. The summed E-state index contributed by atoms with van der Waals surface area (Å²) in [4.78, 5) is 43.4. The monoisotopic (exact) mass is 690 g/mol. The largest absolute Gasteiger partial charge is 0.480 e. The van der Waals surface area contributed by atoms with E-state index in [1.54, 1.807) is 55.1 Å². The van der Waals surface area contributed by atoms with E-state index in [2.05, 4.69) is 15.6 Å². The topological polar surface area (TPSA) is 113 Å². The molecule has 266 valence electrons. The van der Waals surface area contributed by atoms with Gasteiger partial charge in [-0.25, -0.2) is 18.0 Å². The Kier molecular flexibility index (Phi) is 13.3. The number of hydrogen-bond acceptors (Lipinski definition) is 5. The molecule has 0 fully saturated rings. The van der Waals surface area contributed by atoms with Crippen molar-refractivity contribution in [3.05, 3.63) is 106 Å². The van der Waals surface area contributed by atoms with Gasteiger partial charge in [-0.15, -0.1) is 0 Å². The summed E-state index contributed by atoms with van der Waals surface area (Å²) in [5.41, 5.74) is 2.41. The molecule has 0 radical (unpaired) electrons. The van der Waals surface area contributed by atoms with Gasteiger partial charge in [0.05, 0.1) is 22.6 Å². The molecule has 0 aliphatic heterocycles. The van der Waals surface area contributed by atoms with Crippen molar-refractivity contribution in [1.29, 1.82) is 0 Å². The molecule has 0 aliphatic carbocycles. The summed E-state index contributed by atoms with van der Waals surface area (Å²) in [6.07, 6.45) is 1.49. The average Bonchev–Trinajstić information content (AvgIpc) is 3.09. The number of hydrogen-bond donors (Lipinski definition) is 3. The van der Waals surface area contributed by atoms with Crippen molar-refractivity contribution in [2.75, 3.05) is 5.32 Å². The summed E-state index contributed by atoms with van der Waals surface area (Å²) in [6.45, 7) is 11.8. The van der Waals surface area contributed by atoms with Crippen LogP contribution in [0.5, 0.6) is 0 Å². The number of alkyl halides is 2. The summed E-state index contributed by atoms with van der Waals surface area (Å²) in [7, 11) is 1.69. The van der Waals surface area contributed by atoms with Gasteiger partial charge in [-0.05, 0) is 60.2 Å². The molecule has 3 aromatic carbocycles. The number of benzene rings is 3. The Hall–Kier alpha value is -5.19. The highest BCUT2D eigenvalue weighted by Gasteiger charge is 2.33. The van der Waals surface area contributed by atoms with Crippen LogP contribution in [0.25, 0.3) is 32.9 Å². The lowest BCUT2D eigenvalue weighted by Gasteiger charge is -2.25. The van der Waals surface area contributed by atoms with Gasteiger partial charge in [0.15, 0.2) is 0 Å². The average molecular weight is 691 g/mol. The van der Waals surface area contributed by atoms with Gasteiger partial charge in [0.1, 0.15) is 11.9 Å². The van der Waals surface area contributed by atoms with Crippen LogP contribution >= 0.6 is 0 Å². The summed E-state index contributed by atoms with van der Waals surface area (Å²) >= 11 is 0. The molecular weight excluding hydrogens is 645 g/mol. The molecule has 11 heteroatoms. The number of aliphatic carboxylic acids is 1. The fourth-order valence-corrected chi connectivity index (χ4v) is 5.80. The molecule has 2 heterocycles. The van der Waals surface area contributed by atoms with E-state index in [-0.39, 0.29) is 35.2 Å². The van der Waals surface area contributed by atoms with Gasteiger partial charge >= 0.3 is 5.97 Å².